The van der Waals surface area contributed by atoms with Gasteiger partial charge in [-0.3, -0.25) is 0 Å². The highest BCUT2D eigenvalue weighted by atomic mass is 16.1. The quantitative estimate of drug-likeness (QED) is 0.511. The van der Waals surface area contributed by atoms with Crippen LogP contribution in [-0.2, 0) is 0 Å². The van der Waals surface area contributed by atoms with Gasteiger partial charge in [0.1, 0.15) is 0 Å². The van der Waals surface area contributed by atoms with Gasteiger partial charge in [-0.05, 0) is 6.07 Å². The molecule has 2 aromatic heterocycles. The van der Waals surface area contributed by atoms with Gasteiger partial charge in [-0.1, -0.05) is 6.58 Å². The van der Waals surface area contributed by atoms with Crippen molar-refractivity contribution < 1.29 is 0 Å². The van der Waals surface area contributed by atoms with E-state index in [1.165, 1.54) is 4.40 Å². The van der Waals surface area contributed by atoms with Crippen LogP contribution in [0.3, 0.4) is 0 Å². The van der Waals surface area contributed by atoms with E-state index < -0.39 is 0 Å². The minimum atomic E-state index is -0.218. The standard InChI is InChI=1S/C6H5N3O/c1-4-2-3-9-5(4)7-8-6(9)10/h2-3H,1H2,(H,8,10). The SMILES string of the molecule is C=c1ccn2c(=O)[nH]nc12. The van der Waals surface area contributed by atoms with Gasteiger partial charge in [-0.15, -0.1) is 0 Å². The number of nitrogens with zero attached hydrogens (tertiary/aromatic N) is 2. The molecular formula is C6H5N3O. The summed E-state index contributed by atoms with van der Waals surface area (Å²) in [5.41, 5.74) is 0.384. The van der Waals surface area contributed by atoms with E-state index in [1.807, 2.05) is 0 Å². The van der Waals surface area contributed by atoms with Gasteiger partial charge < -0.3 is 0 Å². The molecule has 0 amide bonds. The van der Waals surface area contributed by atoms with E-state index in [1.54, 1.807) is 12.3 Å². The Morgan fingerprint density at radius 3 is 3.20 bits per heavy atom. The van der Waals surface area contributed by atoms with Gasteiger partial charge in [-0.2, -0.15) is 5.10 Å². The van der Waals surface area contributed by atoms with Gasteiger partial charge in [-0.25, -0.2) is 14.3 Å². The Bertz CT molecular complexity index is 409. The molecule has 2 rings (SSSR count). The first-order chi connectivity index (χ1) is 4.79. The van der Waals surface area contributed by atoms with Gasteiger partial charge in [0.15, 0.2) is 5.65 Å². The van der Waals surface area contributed by atoms with Crippen LogP contribution in [0.2, 0.25) is 0 Å². The van der Waals surface area contributed by atoms with Crippen molar-refractivity contribution in [1.82, 2.24) is 14.6 Å². The second kappa shape index (κ2) is 1.47. The second-order valence-electron chi connectivity index (χ2n) is 2.06. The average molecular weight is 135 g/mol. The molecule has 0 aliphatic heterocycles. The smallest absolute Gasteiger partial charge is 0.250 e. The van der Waals surface area contributed by atoms with Crippen LogP contribution in [0.25, 0.3) is 12.2 Å². The number of fused-ring (bicyclic) bond motifs is 1. The summed E-state index contributed by atoms with van der Waals surface area (Å²) < 4.78 is 1.42. The van der Waals surface area contributed by atoms with Crippen LogP contribution >= 0.6 is 0 Å². The third-order valence-corrected chi connectivity index (χ3v) is 1.42. The number of H-pyrrole nitrogens is 1. The summed E-state index contributed by atoms with van der Waals surface area (Å²) in [5.74, 6) is 0. The molecule has 1 N–H and O–H groups in total. The molecule has 0 aliphatic carbocycles. The molecule has 2 aromatic rings. The highest BCUT2D eigenvalue weighted by Crippen LogP contribution is 1.83. The van der Waals surface area contributed by atoms with Gasteiger partial charge >= 0.3 is 5.69 Å². The van der Waals surface area contributed by atoms with E-state index in [0.717, 1.165) is 5.22 Å². The molecule has 0 unspecified atom stereocenters. The molecule has 0 aromatic carbocycles. The lowest BCUT2D eigenvalue weighted by molar-refractivity contribution is 1.02. The fourth-order valence-corrected chi connectivity index (χ4v) is 0.909. The summed E-state index contributed by atoms with van der Waals surface area (Å²) in [6, 6.07) is 1.75. The van der Waals surface area contributed by atoms with Crippen molar-refractivity contribution in [3.63, 3.8) is 0 Å². The number of rotatable bonds is 0. The van der Waals surface area contributed by atoms with Gasteiger partial charge in [0.05, 0.1) is 0 Å². The third kappa shape index (κ3) is 0.452. The lowest BCUT2D eigenvalue weighted by atomic mass is 10.5. The predicted molar refractivity (Wildman–Crippen MR) is 36.6 cm³/mol. The minimum absolute atomic E-state index is 0.218. The number of hydrogen-bond donors (Lipinski definition) is 1. The molecule has 0 atom stereocenters. The molecule has 0 radical (unpaired) electrons. The van der Waals surface area contributed by atoms with Gasteiger partial charge in [0.25, 0.3) is 0 Å². The van der Waals surface area contributed by atoms with E-state index in [0.29, 0.717) is 5.65 Å². The van der Waals surface area contributed by atoms with Crippen LogP contribution in [0.1, 0.15) is 0 Å². The van der Waals surface area contributed by atoms with Crippen LogP contribution in [0.5, 0.6) is 0 Å². The van der Waals surface area contributed by atoms with Crippen LogP contribution in [0.4, 0.5) is 0 Å². The first-order valence-corrected chi connectivity index (χ1v) is 2.83. The Hall–Kier alpha value is -1.58. The topological polar surface area (TPSA) is 50.2 Å². The van der Waals surface area contributed by atoms with Crippen LogP contribution in [0.15, 0.2) is 17.1 Å². The summed E-state index contributed by atoms with van der Waals surface area (Å²) in [6.45, 7) is 3.68. The molecule has 50 valence electrons. The van der Waals surface area contributed by atoms with Gasteiger partial charge in [0.2, 0.25) is 0 Å². The Kier molecular flexibility index (Phi) is 0.768. The number of hydrogen-bond acceptors (Lipinski definition) is 2. The Balaban J connectivity index is 3.24. The fourth-order valence-electron chi connectivity index (χ4n) is 0.909. The van der Waals surface area contributed by atoms with Gasteiger partial charge in [0, 0.05) is 11.4 Å². The number of nitrogens with one attached hydrogen (secondary N) is 1. The van der Waals surface area contributed by atoms with Crippen molar-refractivity contribution in [2.45, 2.75) is 0 Å². The Labute approximate surface area is 55.8 Å². The Morgan fingerprint density at radius 1 is 1.70 bits per heavy atom. The van der Waals surface area contributed by atoms with Crippen LogP contribution in [-0.4, -0.2) is 14.6 Å². The first-order valence-electron chi connectivity index (χ1n) is 2.83. The molecule has 0 bridgehead atoms. The van der Waals surface area contributed by atoms with Crippen LogP contribution in [0, 0.1) is 0 Å². The zero-order valence-electron chi connectivity index (χ0n) is 5.16. The molecule has 0 saturated carbocycles. The summed E-state index contributed by atoms with van der Waals surface area (Å²) in [4.78, 5) is 10.8. The molecule has 0 aliphatic rings. The maximum atomic E-state index is 10.8. The molecule has 0 saturated heterocycles. The van der Waals surface area contributed by atoms with E-state index >= 15 is 0 Å². The van der Waals surface area contributed by atoms with Crippen molar-refractivity contribution in [1.29, 1.82) is 0 Å². The zero-order valence-corrected chi connectivity index (χ0v) is 5.16. The minimum Gasteiger partial charge on any atom is -0.250 e. The first kappa shape index (κ1) is 5.22. The van der Waals surface area contributed by atoms with E-state index in [9.17, 15) is 4.79 Å². The summed E-state index contributed by atoms with van der Waals surface area (Å²) in [5, 5.41) is 6.82. The molecule has 10 heavy (non-hydrogen) atoms. The maximum Gasteiger partial charge on any atom is 0.347 e. The largest absolute Gasteiger partial charge is 0.347 e. The fraction of sp³-hybridized carbons (Fsp3) is 0. The molecular weight excluding hydrogens is 130 g/mol. The molecule has 4 nitrogen and oxygen atoms in total. The third-order valence-electron chi connectivity index (χ3n) is 1.42. The molecule has 4 heteroatoms. The second-order valence-corrected chi connectivity index (χ2v) is 2.06. The van der Waals surface area contributed by atoms with Crippen molar-refractivity contribution in [3.05, 3.63) is 28.0 Å². The predicted octanol–water partition coefficient (Wildman–Crippen LogP) is -0.848. The number of aromatic nitrogens is 3. The van der Waals surface area contributed by atoms with Crippen LogP contribution < -0.4 is 10.9 Å². The number of aromatic amines is 1. The van der Waals surface area contributed by atoms with Crippen molar-refractivity contribution in [3.8, 4) is 0 Å². The molecule has 0 fully saturated rings. The summed E-state index contributed by atoms with van der Waals surface area (Å²) in [6.07, 6.45) is 1.64. The van der Waals surface area contributed by atoms with E-state index in [4.69, 9.17) is 0 Å². The van der Waals surface area contributed by atoms with E-state index in [-0.39, 0.29) is 5.69 Å². The highest BCUT2D eigenvalue weighted by molar-refractivity contribution is 5.40. The highest BCUT2D eigenvalue weighted by Gasteiger charge is 1.98. The lowest BCUT2D eigenvalue weighted by Gasteiger charge is -1.71. The lowest BCUT2D eigenvalue weighted by Crippen LogP contribution is -2.06. The molecule has 0 spiro atoms. The summed E-state index contributed by atoms with van der Waals surface area (Å²) >= 11 is 0. The zero-order chi connectivity index (χ0) is 7.14. The monoisotopic (exact) mass is 135 g/mol. The van der Waals surface area contributed by atoms with Crippen molar-refractivity contribution in [2.75, 3.05) is 0 Å². The normalized spacial score (nSPS) is 10.8. The van der Waals surface area contributed by atoms with E-state index in [2.05, 4.69) is 16.8 Å². The molecule has 2 heterocycles. The average Bonchev–Trinajstić information content (AvgIpc) is 2.41. The van der Waals surface area contributed by atoms with Crippen molar-refractivity contribution >= 4 is 12.2 Å². The Morgan fingerprint density at radius 2 is 2.50 bits per heavy atom. The maximum absolute atomic E-state index is 10.8. The summed E-state index contributed by atoms with van der Waals surface area (Å²) in [7, 11) is 0. The van der Waals surface area contributed by atoms with Crippen molar-refractivity contribution in [2.24, 2.45) is 0 Å².